The number of halogens is 1. The molecule has 0 saturated carbocycles. The maximum absolute atomic E-state index is 4.36. The normalized spacial score (nSPS) is 12.8. The van der Waals surface area contributed by atoms with Gasteiger partial charge in [0.2, 0.25) is 0 Å². The fourth-order valence-corrected chi connectivity index (χ4v) is 2.00. The van der Waals surface area contributed by atoms with Gasteiger partial charge in [-0.05, 0) is 48.1 Å². The summed E-state index contributed by atoms with van der Waals surface area (Å²) in [7, 11) is 0. The third-order valence-electron chi connectivity index (χ3n) is 2.54. The minimum atomic E-state index is 0.404. The van der Waals surface area contributed by atoms with E-state index in [9.17, 15) is 0 Å². The van der Waals surface area contributed by atoms with Crippen molar-refractivity contribution in [1.82, 2.24) is 9.88 Å². The monoisotopic (exact) mass is 285 g/mol. The zero-order valence-corrected chi connectivity index (χ0v) is 11.8. The van der Waals surface area contributed by atoms with Crippen LogP contribution in [-0.4, -0.2) is 35.6 Å². The summed E-state index contributed by atoms with van der Waals surface area (Å²) in [5.41, 5.74) is 0. The first-order valence-electron chi connectivity index (χ1n) is 5.77. The molecule has 1 aromatic heterocycles. The second kappa shape index (κ2) is 6.86. The molecule has 0 radical (unpaired) electrons. The molecule has 90 valence electrons. The van der Waals surface area contributed by atoms with Crippen LogP contribution in [0.3, 0.4) is 0 Å². The zero-order chi connectivity index (χ0) is 12.0. The van der Waals surface area contributed by atoms with Crippen LogP contribution in [0.1, 0.15) is 20.8 Å². The molecule has 0 aliphatic heterocycles. The van der Waals surface area contributed by atoms with E-state index in [1.54, 1.807) is 0 Å². The molecule has 0 fully saturated rings. The van der Waals surface area contributed by atoms with Crippen LogP contribution in [0.15, 0.2) is 22.8 Å². The highest BCUT2D eigenvalue weighted by Gasteiger charge is 2.07. The topological polar surface area (TPSA) is 28.2 Å². The summed E-state index contributed by atoms with van der Waals surface area (Å²) < 4.78 is 0.868. The first-order chi connectivity index (χ1) is 7.65. The Hall–Kier alpha value is -0.610. The molecule has 3 nitrogen and oxygen atoms in total. The summed E-state index contributed by atoms with van der Waals surface area (Å²) >= 11 is 3.37. The maximum Gasteiger partial charge on any atom is 0.127 e. The Morgan fingerprint density at radius 1 is 1.38 bits per heavy atom. The summed E-state index contributed by atoms with van der Waals surface area (Å²) in [4.78, 5) is 6.76. The summed E-state index contributed by atoms with van der Waals surface area (Å²) in [6.45, 7) is 9.78. The van der Waals surface area contributed by atoms with E-state index in [-0.39, 0.29) is 0 Å². The molecule has 0 amide bonds. The Morgan fingerprint density at radius 3 is 2.62 bits per heavy atom. The van der Waals surface area contributed by atoms with Crippen molar-refractivity contribution in [3.05, 3.63) is 22.8 Å². The fourth-order valence-electron chi connectivity index (χ4n) is 1.66. The summed E-state index contributed by atoms with van der Waals surface area (Å²) in [5, 5.41) is 3.40. The van der Waals surface area contributed by atoms with E-state index in [4.69, 9.17) is 0 Å². The Morgan fingerprint density at radius 2 is 2.06 bits per heavy atom. The van der Waals surface area contributed by atoms with Crippen LogP contribution in [-0.2, 0) is 0 Å². The van der Waals surface area contributed by atoms with E-state index in [1.807, 2.05) is 18.2 Å². The first kappa shape index (κ1) is 13.5. The van der Waals surface area contributed by atoms with Gasteiger partial charge >= 0.3 is 0 Å². The van der Waals surface area contributed by atoms with Crippen LogP contribution in [0.5, 0.6) is 0 Å². The minimum Gasteiger partial charge on any atom is -0.366 e. The molecular formula is C12H20BrN3. The smallest absolute Gasteiger partial charge is 0.127 e. The first-order valence-corrected chi connectivity index (χ1v) is 6.56. The molecule has 0 saturated heterocycles. The van der Waals surface area contributed by atoms with Crippen molar-refractivity contribution in [2.75, 3.05) is 25.0 Å². The number of nitrogens with one attached hydrogen (secondary N) is 1. The standard InChI is InChI=1S/C12H20BrN3/c1-4-16(5-2)9-10(3)14-12-8-6-7-11(13)15-12/h6-8,10H,4-5,9H2,1-3H3,(H,14,15). The highest BCUT2D eigenvalue weighted by Crippen LogP contribution is 2.11. The van der Waals surface area contributed by atoms with Crippen molar-refractivity contribution < 1.29 is 0 Å². The van der Waals surface area contributed by atoms with E-state index in [2.05, 4.69) is 51.9 Å². The number of pyridine rings is 1. The lowest BCUT2D eigenvalue weighted by atomic mass is 10.3. The molecule has 1 N–H and O–H groups in total. The second-order valence-electron chi connectivity index (χ2n) is 3.88. The van der Waals surface area contributed by atoms with Gasteiger partial charge in [-0.1, -0.05) is 19.9 Å². The number of anilines is 1. The van der Waals surface area contributed by atoms with Gasteiger partial charge in [0.05, 0.1) is 0 Å². The Labute approximate surface area is 106 Å². The quantitative estimate of drug-likeness (QED) is 0.815. The predicted octanol–water partition coefficient (Wildman–Crippen LogP) is 2.99. The summed E-state index contributed by atoms with van der Waals surface area (Å²) in [5.74, 6) is 0.925. The average Bonchev–Trinajstić information content (AvgIpc) is 2.26. The van der Waals surface area contributed by atoms with Crippen LogP contribution >= 0.6 is 15.9 Å². The van der Waals surface area contributed by atoms with Gasteiger partial charge in [0.1, 0.15) is 10.4 Å². The number of aromatic nitrogens is 1. The molecule has 1 rings (SSSR count). The third kappa shape index (κ3) is 4.49. The van der Waals surface area contributed by atoms with Gasteiger partial charge in [-0.2, -0.15) is 0 Å². The van der Waals surface area contributed by atoms with Crippen LogP contribution in [0, 0.1) is 0 Å². The summed E-state index contributed by atoms with van der Waals surface area (Å²) in [6, 6.07) is 6.31. The SMILES string of the molecule is CCN(CC)CC(C)Nc1cccc(Br)n1. The Kier molecular flexibility index (Phi) is 5.77. The highest BCUT2D eigenvalue weighted by molar-refractivity contribution is 9.10. The van der Waals surface area contributed by atoms with Crippen LogP contribution in [0.25, 0.3) is 0 Å². The van der Waals surface area contributed by atoms with Gasteiger partial charge in [-0.15, -0.1) is 0 Å². The van der Waals surface area contributed by atoms with E-state index in [1.165, 1.54) is 0 Å². The molecule has 0 aromatic carbocycles. The number of likely N-dealkylation sites (N-methyl/N-ethyl adjacent to an activating group) is 1. The second-order valence-corrected chi connectivity index (χ2v) is 4.69. The predicted molar refractivity (Wildman–Crippen MR) is 72.8 cm³/mol. The van der Waals surface area contributed by atoms with Gasteiger partial charge in [0.25, 0.3) is 0 Å². The highest BCUT2D eigenvalue weighted by atomic mass is 79.9. The fraction of sp³-hybridized carbons (Fsp3) is 0.583. The summed E-state index contributed by atoms with van der Waals surface area (Å²) in [6.07, 6.45) is 0. The van der Waals surface area contributed by atoms with Crippen molar-refractivity contribution in [1.29, 1.82) is 0 Å². The van der Waals surface area contributed by atoms with Crippen molar-refractivity contribution in [2.45, 2.75) is 26.8 Å². The van der Waals surface area contributed by atoms with E-state index >= 15 is 0 Å². The average molecular weight is 286 g/mol. The molecule has 16 heavy (non-hydrogen) atoms. The van der Waals surface area contributed by atoms with E-state index < -0.39 is 0 Å². The van der Waals surface area contributed by atoms with E-state index in [0.717, 1.165) is 30.1 Å². The molecule has 0 spiro atoms. The molecule has 1 heterocycles. The molecular weight excluding hydrogens is 266 g/mol. The molecule has 1 atom stereocenters. The lowest BCUT2D eigenvalue weighted by Gasteiger charge is -2.23. The molecule has 0 bridgehead atoms. The van der Waals surface area contributed by atoms with Gasteiger partial charge in [0.15, 0.2) is 0 Å². The Bertz CT molecular complexity index is 313. The number of nitrogens with zero attached hydrogens (tertiary/aromatic N) is 2. The van der Waals surface area contributed by atoms with Gasteiger partial charge in [-0.25, -0.2) is 4.98 Å². The molecule has 1 unspecified atom stereocenters. The van der Waals surface area contributed by atoms with E-state index in [0.29, 0.717) is 6.04 Å². The van der Waals surface area contributed by atoms with Gasteiger partial charge < -0.3 is 10.2 Å². The third-order valence-corrected chi connectivity index (χ3v) is 2.98. The van der Waals surface area contributed by atoms with Crippen molar-refractivity contribution in [3.8, 4) is 0 Å². The molecule has 0 aliphatic rings. The van der Waals surface area contributed by atoms with Crippen molar-refractivity contribution >= 4 is 21.7 Å². The van der Waals surface area contributed by atoms with Crippen molar-refractivity contribution in [3.63, 3.8) is 0 Å². The maximum atomic E-state index is 4.36. The molecule has 1 aromatic rings. The van der Waals surface area contributed by atoms with Gasteiger partial charge in [-0.3, -0.25) is 0 Å². The molecule has 4 heteroatoms. The lowest BCUT2D eigenvalue weighted by molar-refractivity contribution is 0.294. The minimum absolute atomic E-state index is 0.404. The van der Waals surface area contributed by atoms with Crippen LogP contribution in [0.4, 0.5) is 5.82 Å². The number of rotatable bonds is 6. The molecule has 0 aliphatic carbocycles. The number of hydrogen-bond donors (Lipinski definition) is 1. The van der Waals surface area contributed by atoms with Gasteiger partial charge in [0, 0.05) is 12.6 Å². The zero-order valence-electron chi connectivity index (χ0n) is 10.2. The van der Waals surface area contributed by atoms with Crippen molar-refractivity contribution in [2.24, 2.45) is 0 Å². The lowest BCUT2D eigenvalue weighted by Crippen LogP contribution is -2.34. The van der Waals surface area contributed by atoms with Crippen LogP contribution in [0.2, 0.25) is 0 Å². The number of hydrogen-bond acceptors (Lipinski definition) is 3. The Balaban J connectivity index is 2.47. The largest absolute Gasteiger partial charge is 0.366 e. The van der Waals surface area contributed by atoms with Crippen LogP contribution < -0.4 is 5.32 Å².